The number of aromatic nitrogens is 1. The molecule has 2 heterocycles. The zero-order valence-corrected chi connectivity index (χ0v) is 18.6. The van der Waals surface area contributed by atoms with Crippen LogP contribution >= 0.6 is 0 Å². The number of pyridine rings is 1. The summed E-state index contributed by atoms with van der Waals surface area (Å²) < 4.78 is 38.5. The second-order valence-electron chi connectivity index (χ2n) is 9.94. The molecule has 1 saturated heterocycles. The quantitative estimate of drug-likeness (QED) is 0.652. The highest BCUT2D eigenvalue weighted by molar-refractivity contribution is 5.87. The molecule has 9 heteroatoms. The van der Waals surface area contributed by atoms with Crippen LogP contribution in [0.2, 0.25) is 0 Å². The average molecular weight is 473 g/mol. The number of piperidine rings is 1. The number of rotatable bonds is 6. The molecule has 5 rings (SSSR count). The van der Waals surface area contributed by atoms with Crippen molar-refractivity contribution in [3.05, 3.63) is 65.0 Å². The number of amides is 1. The van der Waals surface area contributed by atoms with E-state index < -0.39 is 23.4 Å². The molecule has 2 N–H and O–H groups in total. The standard InChI is InChI=1S/C25H26F3N3O3/c26-25(27,28)20-6-1-16(14-29-20)15-31-12-11-23(7-8-23)13-19(31)21(32)30-24(9-10-24)18-4-2-17(3-5-18)22(33)34/h1-6,14,19H,7-13,15H2,(H,30,32)(H,33,34). The number of alkyl halides is 3. The van der Waals surface area contributed by atoms with Crippen molar-refractivity contribution >= 4 is 11.9 Å². The molecular weight excluding hydrogens is 447 g/mol. The molecule has 2 aliphatic carbocycles. The van der Waals surface area contributed by atoms with Gasteiger partial charge in [0.05, 0.1) is 17.1 Å². The van der Waals surface area contributed by atoms with Gasteiger partial charge in [-0.05, 0) is 79.8 Å². The SMILES string of the molecule is O=C(O)c1ccc(C2(NC(=O)C3CC4(CCN3Cc3ccc(C(F)(F)F)nc3)CC4)CC2)cc1. The first-order valence-electron chi connectivity index (χ1n) is 11.5. The second kappa shape index (κ2) is 8.08. The summed E-state index contributed by atoms with van der Waals surface area (Å²) in [7, 11) is 0. The minimum absolute atomic E-state index is 0.0781. The Bertz CT molecular complexity index is 1090. The van der Waals surface area contributed by atoms with Crippen LogP contribution in [-0.2, 0) is 23.1 Å². The van der Waals surface area contributed by atoms with Gasteiger partial charge in [0.15, 0.2) is 0 Å². The monoisotopic (exact) mass is 473 g/mol. The molecule has 1 amide bonds. The largest absolute Gasteiger partial charge is 0.478 e. The molecule has 1 spiro atoms. The fraction of sp³-hybridized carbons (Fsp3) is 0.480. The number of likely N-dealkylation sites (tertiary alicyclic amines) is 1. The Morgan fingerprint density at radius 1 is 1.06 bits per heavy atom. The molecular formula is C25H26F3N3O3. The predicted octanol–water partition coefficient (Wildman–Crippen LogP) is 4.35. The molecule has 1 aromatic heterocycles. The van der Waals surface area contributed by atoms with E-state index in [0.717, 1.165) is 50.2 Å². The third-order valence-corrected chi connectivity index (χ3v) is 7.55. The zero-order valence-electron chi connectivity index (χ0n) is 18.6. The van der Waals surface area contributed by atoms with E-state index >= 15 is 0 Å². The molecule has 3 fully saturated rings. The van der Waals surface area contributed by atoms with E-state index in [1.165, 1.54) is 12.3 Å². The van der Waals surface area contributed by atoms with Crippen molar-refractivity contribution in [2.45, 2.75) is 62.8 Å². The maximum Gasteiger partial charge on any atom is 0.433 e. The topological polar surface area (TPSA) is 82.5 Å². The van der Waals surface area contributed by atoms with Gasteiger partial charge in [0.2, 0.25) is 5.91 Å². The number of carboxylic acids is 1. The van der Waals surface area contributed by atoms with Crippen LogP contribution in [0.15, 0.2) is 42.6 Å². The van der Waals surface area contributed by atoms with Gasteiger partial charge in [0.1, 0.15) is 5.69 Å². The Hall–Kier alpha value is -2.94. The maximum atomic E-state index is 13.5. The van der Waals surface area contributed by atoms with E-state index in [-0.39, 0.29) is 22.9 Å². The number of aromatic carboxylic acids is 1. The van der Waals surface area contributed by atoms with Crippen LogP contribution in [0.25, 0.3) is 0 Å². The molecule has 0 radical (unpaired) electrons. The minimum Gasteiger partial charge on any atom is -0.478 e. The summed E-state index contributed by atoms with van der Waals surface area (Å²) in [5.41, 5.74) is 0.528. The van der Waals surface area contributed by atoms with Crippen molar-refractivity contribution in [3.8, 4) is 0 Å². The van der Waals surface area contributed by atoms with E-state index in [4.69, 9.17) is 5.11 Å². The van der Waals surface area contributed by atoms with Crippen LogP contribution in [0.1, 0.15) is 65.7 Å². The van der Waals surface area contributed by atoms with Gasteiger partial charge < -0.3 is 10.4 Å². The molecule has 2 aromatic rings. The van der Waals surface area contributed by atoms with Crippen molar-refractivity contribution in [1.29, 1.82) is 0 Å². The molecule has 1 unspecified atom stereocenters. The van der Waals surface area contributed by atoms with Crippen molar-refractivity contribution < 1.29 is 27.9 Å². The number of benzene rings is 1. The summed E-state index contributed by atoms with van der Waals surface area (Å²) in [6.07, 6.45) is 2.26. The van der Waals surface area contributed by atoms with E-state index in [0.29, 0.717) is 18.7 Å². The Morgan fingerprint density at radius 2 is 1.76 bits per heavy atom. The number of hydrogen-bond acceptors (Lipinski definition) is 4. The number of nitrogens with one attached hydrogen (secondary N) is 1. The molecule has 1 aliphatic heterocycles. The molecule has 1 atom stereocenters. The van der Waals surface area contributed by atoms with Gasteiger partial charge in [-0.15, -0.1) is 0 Å². The lowest BCUT2D eigenvalue weighted by atomic mass is 9.87. The predicted molar refractivity (Wildman–Crippen MR) is 117 cm³/mol. The number of carboxylic acid groups (broad SMARTS) is 1. The highest BCUT2D eigenvalue weighted by atomic mass is 19.4. The first-order valence-corrected chi connectivity index (χ1v) is 11.5. The second-order valence-corrected chi connectivity index (χ2v) is 9.94. The Morgan fingerprint density at radius 3 is 2.29 bits per heavy atom. The molecule has 6 nitrogen and oxygen atoms in total. The molecule has 2 saturated carbocycles. The number of carbonyl (C=O) groups is 2. The normalized spacial score (nSPS) is 22.9. The Balaban J connectivity index is 1.31. The summed E-state index contributed by atoms with van der Waals surface area (Å²) in [5, 5.41) is 12.4. The summed E-state index contributed by atoms with van der Waals surface area (Å²) in [6.45, 7) is 1.07. The first kappa shape index (κ1) is 22.8. The van der Waals surface area contributed by atoms with Crippen LogP contribution in [-0.4, -0.2) is 39.5 Å². The van der Waals surface area contributed by atoms with E-state index in [1.807, 2.05) is 4.90 Å². The van der Waals surface area contributed by atoms with Gasteiger partial charge in [-0.2, -0.15) is 13.2 Å². The van der Waals surface area contributed by atoms with E-state index in [2.05, 4.69) is 10.3 Å². The summed E-state index contributed by atoms with van der Waals surface area (Å²) in [5.74, 6) is -1.07. The number of hydrogen-bond donors (Lipinski definition) is 2. The highest BCUT2D eigenvalue weighted by Gasteiger charge is 2.52. The molecule has 3 aliphatic rings. The van der Waals surface area contributed by atoms with Crippen LogP contribution < -0.4 is 5.32 Å². The van der Waals surface area contributed by atoms with E-state index in [9.17, 15) is 22.8 Å². The smallest absolute Gasteiger partial charge is 0.433 e. The lowest BCUT2D eigenvalue weighted by Crippen LogP contribution is -2.53. The minimum atomic E-state index is -4.48. The Labute approximate surface area is 195 Å². The average Bonchev–Trinajstić information content (AvgIpc) is 3.73. The van der Waals surface area contributed by atoms with Gasteiger partial charge in [-0.1, -0.05) is 18.2 Å². The molecule has 1 aromatic carbocycles. The lowest BCUT2D eigenvalue weighted by molar-refractivity contribution is -0.141. The highest BCUT2D eigenvalue weighted by Crippen LogP contribution is 2.55. The van der Waals surface area contributed by atoms with E-state index in [1.54, 1.807) is 24.3 Å². The number of carbonyl (C=O) groups excluding carboxylic acids is 1. The third-order valence-electron chi connectivity index (χ3n) is 7.55. The third kappa shape index (κ3) is 4.53. The van der Waals surface area contributed by atoms with Crippen molar-refractivity contribution in [1.82, 2.24) is 15.2 Å². The maximum absolute atomic E-state index is 13.5. The van der Waals surface area contributed by atoms with Gasteiger partial charge in [-0.25, -0.2) is 4.79 Å². The van der Waals surface area contributed by atoms with Crippen molar-refractivity contribution in [2.75, 3.05) is 6.54 Å². The molecule has 0 bridgehead atoms. The number of halogens is 3. The molecule has 180 valence electrons. The molecule has 34 heavy (non-hydrogen) atoms. The number of nitrogens with zero attached hydrogens (tertiary/aromatic N) is 2. The van der Waals surface area contributed by atoms with Crippen LogP contribution in [0.3, 0.4) is 0 Å². The lowest BCUT2D eigenvalue weighted by Gasteiger charge is -2.39. The van der Waals surface area contributed by atoms with Crippen LogP contribution in [0.5, 0.6) is 0 Å². The van der Waals surface area contributed by atoms with Crippen LogP contribution in [0, 0.1) is 5.41 Å². The Kier molecular flexibility index (Phi) is 5.42. The summed E-state index contributed by atoms with van der Waals surface area (Å²) in [6, 6.07) is 8.66. The summed E-state index contributed by atoms with van der Waals surface area (Å²) in [4.78, 5) is 30.2. The fourth-order valence-corrected chi connectivity index (χ4v) is 5.04. The van der Waals surface area contributed by atoms with Gasteiger partial charge in [-0.3, -0.25) is 14.7 Å². The fourth-order valence-electron chi connectivity index (χ4n) is 5.04. The van der Waals surface area contributed by atoms with Gasteiger partial charge in [0.25, 0.3) is 0 Å². The van der Waals surface area contributed by atoms with Crippen molar-refractivity contribution in [3.63, 3.8) is 0 Å². The van der Waals surface area contributed by atoms with Gasteiger partial charge in [0, 0.05) is 12.7 Å². The first-order chi connectivity index (χ1) is 16.1. The summed E-state index contributed by atoms with van der Waals surface area (Å²) >= 11 is 0. The zero-order chi connectivity index (χ0) is 24.1. The van der Waals surface area contributed by atoms with Crippen molar-refractivity contribution in [2.24, 2.45) is 5.41 Å². The van der Waals surface area contributed by atoms with Crippen LogP contribution in [0.4, 0.5) is 13.2 Å². The van der Waals surface area contributed by atoms with Gasteiger partial charge >= 0.3 is 12.1 Å².